The molecule has 2 aromatic rings. The van der Waals surface area contributed by atoms with E-state index in [0.717, 1.165) is 5.56 Å². The molecule has 0 bridgehead atoms. The first-order chi connectivity index (χ1) is 12.7. The fourth-order valence-electron chi connectivity index (χ4n) is 2.41. The molecule has 7 heteroatoms. The summed E-state index contributed by atoms with van der Waals surface area (Å²) in [7, 11) is 0. The Morgan fingerprint density at radius 3 is 2.37 bits per heavy atom. The van der Waals surface area contributed by atoms with Crippen molar-refractivity contribution >= 4 is 17.8 Å². The second kappa shape index (κ2) is 8.44. The van der Waals surface area contributed by atoms with Crippen molar-refractivity contribution in [1.82, 2.24) is 10.3 Å². The zero-order chi connectivity index (χ0) is 20.0. The van der Waals surface area contributed by atoms with Gasteiger partial charge in [-0.25, -0.2) is 14.6 Å². The third kappa shape index (κ3) is 5.91. The van der Waals surface area contributed by atoms with Gasteiger partial charge < -0.3 is 15.2 Å². The molecule has 0 saturated carbocycles. The molecular weight excluding hydrogens is 348 g/mol. The lowest BCUT2D eigenvalue weighted by atomic mass is 10.0. The first-order valence-electron chi connectivity index (χ1n) is 8.43. The number of aromatic nitrogens is 1. The van der Waals surface area contributed by atoms with Crippen molar-refractivity contribution in [2.24, 2.45) is 0 Å². The predicted octanol–water partition coefficient (Wildman–Crippen LogP) is 2.46. The Bertz CT molecular complexity index is 828. The standard InChI is InChI=1S/C20H22N2O5/c1-20(2,3)27-19(26)15(12-13-8-5-4-6-9-13)22-17(23)14-10-7-11-21-16(14)18(24)25/h4-11,15H,12H2,1-3H3,(H,22,23)(H,24,25)/t15-/m1/s1. The van der Waals surface area contributed by atoms with Gasteiger partial charge in [-0.05, 0) is 38.5 Å². The van der Waals surface area contributed by atoms with Crippen molar-refractivity contribution in [2.45, 2.75) is 38.8 Å². The average molecular weight is 370 g/mol. The molecule has 0 spiro atoms. The van der Waals surface area contributed by atoms with Crippen LogP contribution < -0.4 is 5.32 Å². The number of rotatable bonds is 6. The van der Waals surface area contributed by atoms with Crippen LogP contribution in [0.15, 0.2) is 48.7 Å². The number of benzene rings is 1. The minimum absolute atomic E-state index is 0.119. The summed E-state index contributed by atoms with van der Waals surface area (Å²) in [4.78, 5) is 40.2. The molecule has 2 rings (SSSR count). The zero-order valence-electron chi connectivity index (χ0n) is 15.4. The van der Waals surface area contributed by atoms with Crippen molar-refractivity contribution in [3.05, 3.63) is 65.5 Å². The number of ether oxygens (including phenoxy) is 1. The predicted molar refractivity (Wildman–Crippen MR) is 98.4 cm³/mol. The van der Waals surface area contributed by atoms with E-state index in [1.54, 1.807) is 20.8 Å². The van der Waals surface area contributed by atoms with E-state index < -0.39 is 29.5 Å². The molecule has 0 aliphatic heterocycles. The Hall–Kier alpha value is -3.22. The van der Waals surface area contributed by atoms with Crippen LogP contribution in [0.25, 0.3) is 0 Å². The lowest BCUT2D eigenvalue weighted by Crippen LogP contribution is -2.45. The molecule has 0 saturated heterocycles. The zero-order valence-corrected chi connectivity index (χ0v) is 15.4. The summed E-state index contributed by atoms with van der Waals surface area (Å²) in [6.07, 6.45) is 1.50. The summed E-state index contributed by atoms with van der Waals surface area (Å²) < 4.78 is 5.40. The van der Waals surface area contributed by atoms with Crippen LogP contribution in [0, 0.1) is 0 Å². The SMILES string of the molecule is CC(C)(C)OC(=O)[C@@H](Cc1ccccc1)NC(=O)c1cccnc1C(=O)O. The van der Waals surface area contributed by atoms with E-state index in [-0.39, 0.29) is 17.7 Å². The Labute approximate surface area is 157 Å². The molecule has 1 atom stereocenters. The Kier molecular flexibility index (Phi) is 6.28. The van der Waals surface area contributed by atoms with Crippen LogP contribution in [0.3, 0.4) is 0 Å². The maximum atomic E-state index is 12.6. The van der Waals surface area contributed by atoms with Crippen molar-refractivity contribution < 1.29 is 24.2 Å². The van der Waals surface area contributed by atoms with Crippen LogP contribution in [0.5, 0.6) is 0 Å². The van der Waals surface area contributed by atoms with Gasteiger partial charge in [0.1, 0.15) is 11.6 Å². The quantitative estimate of drug-likeness (QED) is 0.757. The second-order valence-corrected chi connectivity index (χ2v) is 6.95. The molecular formula is C20H22N2O5. The maximum Gasteiger partial charge on any atom is 0.355 e. The highest BCUT2D eigenvalue weighted by Gasteiger charge is 2.28. The highest BCUT2D eigenvalue weighted by Crippen LogP contribution is 2.13. The molecule has 7 nitrogen and oxygen atoms in total. The summed E-state index contributed by atoms with van der Waals surface area (Å²) in [6.45, 7) is 5.20. The van der Waals surface area contributed by atoms with Gasteiger partial charge in [0.15, 0.2) is 5.69 Å². The third-order valence-electron chi connectivity index (χ3n) is 3.53. The largest absolute Gasteiger partial charge is 0.476 e. The van der Waals surface area contributed by atoms with Crippen LogP contribution in [-0.2, 0) is 16.0 Å². The molecule has 0 aliphatic rings. The van der Waals surface area contributed by atoms with E-state index >= 15 is 0 Å². The van der Waals surface area contributed by atoms with Gasteiger partial charge in [0, 0.05) is 12.6 Å². The summed E-state index contributed by atoms with van der Waals surface area (Å²) in [5, 5.41) is 11.8. The Balaban J connectivity index is 2.27. The molecule has 1 amide bonds. The van der Waals surface area contributed by atoms with E-state index in [0.29, 0.717) is 0 Å². The van der Waals surface area contributed by atoms with Crippen molar-refractivity contribution in [2.75, 3.05) is 0 Å². The number of hydrogen-bond acceptors (Lipinski definition) is 5. The van der Waals surface area contributed by atoms with Crippen LogP contribution in [0.4, 0.5) is 0 Å². The molecule has 0 radical (unpaired) electrons. The molecule has 0 aliphatic carbocycles. The lowest BCUT2D eigenvalue weighted by Gasteiger charge is -2.25. The minimum atomic E-state index is -1.32. The molecule has 0 fully saturated rings. The van der Waals surface area contributed by atoms with Crippen molar-refractivity contribution in [1.29, 1.82) is 0 Å². The van der Waals surface area contributed by atoms with Gasteiger partial charge in [-0.1, -0.05) is 30.3 Å². The smallest absolute Gasteiger partial charge is 0.355 e. The number of carbonyl (C=O) groups is 3. The van der Waals surface area contributed by atoms with Gasteiger partial charge in [0.25, 0.3) is 5.91 Å². The fourth-order valence-corrected chi connectivity index (χ4v) is 2.41. The first kappa shape index (κ1) is 20.1. The molecule has 142 valence electrons. The van der Waals surface area contributed by atoms with Crippen LogP contribution in [0.1, 0.15) is 47.2 Å². The number of esters is 1. The summed E-state index contributed by atoms with van der Waals surface area (Å²) in [6, 6.07) is 11.0. The number of aromatic carboxylic acids is 1. The Morgan fingerprint density at radius 2 is 1.78 bits per heavy atom. The topological polar surface area (TPSA) is 106 Å². The van der Waals surface area contributed by atoms with Gasteiger partial charge >= 0.3 is 11.9 Å². The normalized spacial score (nSPS) is 12.1. The maximum absolute atomic E-state index is 12.6. The number of pyridine rings is 1. The van der Waals surface area contributed by atoms with Crippen molar-refractivity contribution in [3.63, 3.8) is 0 Å². The highest BCUT2D eigenvalue weighted by atomic mass is 16.6. The summed E-state index contributed by atoms with van der Waals surface area (Å²) >= 11 is 0. The lowest BCUT2D eigenvalue weighted by molar-refractivity contribution is -0.157. The van der Waals surface area contributed by atoms with Gasteiger partial charge in [0.2, 0.25) is 0 Å². The van der Waals surface area contributed by atoms with E-state index in [1.165, 1.54) is 18.3 Å². The van der Waals surface area contributed by atoms with E-state index in [2.05, 4.69) is 10.3 Å². The van der Waals surface area contributed by atoms with Crippen molar-refractivity contribution in [3.8, 4) is 0 Å². The molecule has 1 aromatic heterocycles. The van der Waals surface area contributed by atoms with Gasteiger partial charge in [-0.2, -0.15) is 0 Å². The Morgan fingerprint density at radius 1 is 1.11 bits per heavy atom. The van der Waals surface area contributed by atoms with Gasteiger partial charge in [0.05, 0.1) is 5.56 Å². The van der Waals surface area contributed by atoms with Crippen LogP contribution in [-0.4, -0.2) is 39.6 Å². The molecule has 0 unspecified atom stereocenters. The summed E-state index contributed by atoms with van der Waals surface area (Å²) in [5.41, 5.74) is -0.389. The average Bonchev–Trinajstić information content (AvgIpc) is 2.60. The number of carbonyl (C=O) groups excluding carboxylic acids is 2. The summed E-state index contributed by atoms with van der Waals surface area (Å²) in [5.74, 6) is -2.62. The number of nitrogens with one attached hydrogen (secondary N) is 1. The van der Waals surface area contributed by atoms with Crippen LogP contribution >= 0.6 is 0 Å². The minimum Gasteiger partial charge on any atom is -0.476 e. The monoisotopic (exact) mass is 370 g/mol. The number of carboxylic acids is 1. The molecule has 2 N–H and O–H groups in total. The first-order valence-corrected chi connectivity index (χ1v) is 8.43. The number of amides is 1. The van der Waals surface area contributed by atoms with E-state index in [9.17, 15) is 19.5 Å². The van der Waals surface area contributed by atoms with E-state index in [1.807, 2.05) is 30.3 Å². The number of carboxylic acid groups (broad SMARTS) is 1. The van der Waals surface area contributed by atoms with E-state index in [4.69, 9.17) is 4.74 Å². The third-order valence-corrected chi connectivity index (χ3v) is 3.53. The fraction of sp³-hybridized carbons (Fsp3) is 0.300. The number of hydrogen-bond donors (Lipinski definition) is 2. The second-order valence-electron chi connectivity index (χ2n) is 6.95. The van der Waals surface area contributed by atoms with Crippen LogP contribution in [0.2, 0.25) is 0 Å². The van der Waals surface area contributed by atoms with Gasteiger partial charge in [-0.3, -0.25) is 4.79 Å². The molecule has 27 heavy (non-hydrogen) atoms. The van der Waals surface area contributed by atoms with Gasteiger partial charge in [-0.15, -0.1) is 0 Å². The molecule has 1 heterocycles. The highest BCUT2D eigenvalue weighted by molar-refractivity contribution is 6.04. The number of nitrogens with zero attached hydrogens (tertiary/aromatic N) is 1. The molecule has 1 aromatic carbocycles.